The van der Waals surface area contributed by atoms with Crippen LogP contribution in [-0.2, 0) is 9.47 Å². The van der Waals surface area contributed by atoms with E-state index in [-0.39, 0.29) is 6.29 Å². The molecule has 0 radical (unpaired) electrons. The van der Waals surface area contributed by atoms with Crippen molar-refractivity contribution >= 4 is 0 Å². The van der Waals surface area contributed by atoms with Crippen LogP contribution in [0.5, 0.6) is 0 Å². The first-order valence-corrected chi connectivity index (χ1v) is 5.56. The standard InChI is InChI=1S/C12H22O2/c1-4-7-8-9-10-11-12(13-5-2)14-6-3/h12H,4-9H2,1-3H3. The first kappa shape index (κ1) is 13.5. The average molecular weight is 198 g/mol. The van der Waals surface area contributed by atoms with Gasteiger partial charge in [-0.3, -0.25) is 0 Å². The third kappa shape index (κ3) is 8.10. The van der Waals surface area contributed by atoms with Crippen LogP contribution in [0, 0.1) is 11.8 Å². The van der Waals surface area contributed by atoms with Crippen molar-refractivity contribution in [2.75, 3.05) is 13.2 Å². The summed E-state index contributed by atoms with van der Waals surface area (Å²) in [6, 6.07) is 0. The fourth-order valence-corrected chi connectivity index (χ4v) is 1.05. The van der Waals surface area contributed by atoms with E-state index in [1.807, 2.05) is 13.8 Å². The summed E-state index contributed by atoms with van der Waals surface area (Å²) in [7, 11) is 0. The van der Waals surface area contributed by atoms with Crippen LogP contribution in [0.25, 0.3) is 0 Å². The molecule has 0 atom stereocenters. The van der Waals surface area contributed by atoms with Crippen LogP contribution in [0.3, 0.4) is 0 Å². The van der Waals surface area contributed by atoms with Gasteiger partial charge < -0.3 is 9.47 Å². The minimum Gasteiger partial charge on any atom is -0.342 e. The number of rotatable bonds is 7. The average Bonchev–Trinajstić information content (AvgIpc) is 2.18. The molecule has 0 N–H and O–H groups in total. The van der Waals surface area contributed by atoms with Gasteiger partial charge in [-0.2, -0.15) is 0 Å². The minimum atomic E-state index is -0.327. The van der Waals surface area contributed by atoms with Gasteiger partial charge in [-0.15, -0.1) is 0 Å². The zero-order valence-corrected chi connectivity index (χ0v) is 9.64. The van der Waals surface area contributed by atoms with Gasteiger partial charge in [0.05, 0.1) is 0 Å². The largest absolute Gasteiger partial charge is 0.342 e. The van der Waals surface area contributed by atoms with E-state index in [0.717, 1.165) is 6.42 Å². The fourth-order valence-electron chi connectivity index (χ4n) is 1.05. The predicted octanol–water partition coefficient (Wildman–Crippen LogP) is 2.97. The summed E-state index contributed by atoms with van der Waals surface area (Å²) in [4.78, 5) is 0. The van der Waals surface area contributed by atoms with Crippen molar-refractivity contribution in [3.8, 4) is 11.8 Å². The van der Waals surface area contributed by atoms with Crippen LogP contribution in [0.2, 0.25) is 0 Å². The molecule has 0 aliphatic rings. The number of unbranched alkanes of at least 4 members (excludes halogenated alkanes) is 3. The molecule has 0 aliphatic heterocycles. The molecule has 2 nitrogen and oxygen atoms in total. The van der Waals surface area contributed by atoms with Gasteiger partial charge in [0.1, 0.15) is 0 Å². The van der Waals surface area contributed by atoms with Crippen molar-refractivity contribution < 1.29 is 9.47 Å². The summed E-state index contributed by atoms with van der Waals surface area (Å²) in [6.07, 6.45) is 4.29. The molecule has 0 fully saturated rings. The van der Waals surface area contributed by atoms with Crippen molar-refractivity contribution in [1.29, 1.82) is 0 Å². The van der Waals surface area contributed by atoms with Gasteiger partial charge in [0.15, 0.2) is 0 Å². The summed E-state index contributed by atoms with van der Waals surface area (Å²) in [5, 5.41) is 0. The van der Waals surface area contributed by atoms with Gasteiger partial charge in [-0.05, 0) is 26.2 Å². The maximum atomic E-state index is 5.29. The molecule has 0 rings (SSSR count). The number of ether oxygens (including phenoxy) is 2. The molecule has 0 unspecified atom stereocenters. The zero-order chi connectivity index (χ0) is 10.6. The Morgan fingerprint density at radius 3 is 2.14 bits per heavy atom. The Morgan fingerprint density at radius 1 is 1.00 bits per heavy atom. The molecule has 82 valence electrons. The van der Waals surface area contributed by atoms with Gasteiger partial charge in [-0.1, -0.05) is 25.7 Å². The summed E-state index contributed by atoms with van der Waals surface area (Å²) < 4.78 is 10.6. The maximum Gasteiger partial charge on any atom is 0.222 e. The van der Waals surface area contributed by atoms with Crippen molar-refractivity contribution in [2.45, 2.75) is 52.7 Å². The van der Waals surface area contributed by atoms with Crippen LogP contribution in [0.1, 0.15) is 46.5 Å². The highest BCUT2D eigenvalue weighted by Gasteiger charge is 2.00. The second-order valence-electron chi connectivity index (χ2n) is 3.02. The van der Waals surface area contributed by atoms with E-state index in [9.17, 15) is 0 Å². The lowest BCUT2D eigenvalue weighted by molar-refractivity contribution is -0.0970. The number of hydrogen-bond donors (Lipinski definition) is 0. The van der Waals surface area contributed by atoms with E-state index < -0.39 is 0 Å². The lowest BCUT2D eigenvalue weighted by Gasteiger charge is -2.09. The Morgan fingerprint density at radius 2 is 1.64 bits per heavy atom. The topological polar surface area (TPSA) is 18.5 Å². The van der Waals surface area contributed by atoms with Gasteiger partial charge in [0.25, 0.3) is 0 Å². The van der Waals surface area contributed by atoms with Crippen molar-refractivity contribution in [3.05, 3.63) is 0 Å². The first-order valence-electron chi connectivity index (χ1n) is 5.56. The summed E-state index contributed by atoms with van der Waals surface area (Å²) >= 11 is 0. The van der Waals surface area contributed by atoms with Gasteiger partial charge >= 0.3 is 0 Å². The third-order valence-electron chi connectivity index (χ3n) is 1.76. The Hall–Kier alpha value is -0.520. The van der Waals surface area contributed by atoms with Crippen LogP contribution < -0.4 is 0 Å². The molecular formula is C12H22O2. The molecule has 2 heteroatoms. The second kappa shape index (κ2) is 10.6. The highest BCUT2D eigenvalue weighted by atomic mass is 16.7. The lowest BCUT2D eigenvalue weighted by atomic mass is 10.2. The van der Waals surface area contributed by atoms with E-state index in [1.165, 1.54) is 19.3 Å². The van der Waals surface area contributed by atoms with Gasteiger partial charge in [0.2, 0.25) is 6.29 Å². The van der Waals surface area contributed by atoms with Crippen LogP contribution in [0.15, 0.2) is 0 Å². The van der Waals surface area contributed by atoms with E-state index >= 15 is 0 Å². The summed E-state index contributed by atoms with van der Waals surface area (Å²) in [5.74, 6) is 6.08. The molecule has 0 amide bonds. The molecule has 0 saturated heterocycles. The smallest absolute Gasteiger partial charge is 0.222 e. The van der Waals surface area contributed by atoms with Crippen molar-refractivity contribution in [1.82, 2.24) is 0 Å². The predicted molar refractivity (Wildman–Crippen MR) is 59.0 cm³/mol. The summed E-state index contributed by atoms with van der Waals surface area (Å²) in [5.41, 5.74) is 0. The van der Waals surface area contributed by atoms with Crippen molar-refractivity contribution in [2.24, 2.45) is 0 Å². The number of hydrogen-bond acceptors (Lipinski definition) is 2. The quantitative estimate of drug-likeness (QED) is 0.356. The van der Waals surface area contributed by atoms with Gasteiger partial charge in [0, 0.05) is 19.6 Å². The fraction of sp³-hybridized carbons (Fsp3) is 0.833. The monoisotopic (exact) mass is 198 g/mol. The molecule has 0 spiro atoms. The van der Waals surface area contributed by atoms with E-state index in [1.54, 1.807) is 0 Å². The molecule has 0 aromatic heterocycles. The van der Waals surface area contributed by atoms with Crippen LogP contribution in [0.4, 0.5) is 0 Å². The molecule has 0 aliphatic carbocycles. The SMILES string of the molecule is CCCCCC#CC(OCC)OCC. The molecule has 14 heavy (non-hydrogen) atoms. The zero-order valence-electron chi connectivity index (χ0n) is 9.64. The molecule has 0 aromatic carbocycles. The first-order chi connectivity index (χ1) is 6.85. The minimum absolute atomic E-state index is 0.327. The Bertz CT molecular complexity index is 161. The normalized spacial score (nSPS) is 10.0. The van der Waals surface area contributed by atoms with Crippen molar-refractivity contribution in [3.63, 3.8) is 0 Å². The molecule has 0 saturated carbocycles. The highest BCUT2D eigenvalue weighted by molar-refractivity contribution is 5.01. The maximum absolute atomic E-state index is 5.29. The summed E-state index contributed by atoms with van der Waals surface area (Å²) in [6.45, 7) is 7.38. The highest BCUT2D eigenvalue weighted by Crippen LogP contribution is 1.98. The van der Waals surface area contributed by atoms with E-state index in [4.69, 9.17) is 9.47 Å². The Labute approximate surface area is 88.0 Å². The third-order valence-corrected chi connectivity index (χ3v) is 1.76. The molecule has 0 heterocycles. The Balaban J connectivity index is 3.64. The van der Waals surface area contributed by atoms with Gasteiger partial charge in [-0.25, -0.2) is 0 Å². The van der Waals surface area contributed by atoms with E-state index in [2.05, 4.69) is 18.8 Å². The lowest BCUT2D eigenvalue weighted by Crippen LogP contribution is -2.14. The molecular weight excluding hydrogens is 176 g/mol. The molecule has 0 bridgehead atoms. The van der Waals surface area contributed by atoms with Crippen LogP contribution >= 0.6 is 0 Å². The van der Waals surface area contributed by atoms with Crippen LogP contribution in [-0.4, -0.2) is 19.5 Å². The van der Waals surface area contributed by atoms with E-state index in [0.29, 0.717) is 13.2 Å². The molecule has 0 aromatic rings. The Kier molecular flexibility index (Phi) is 10.2. The second-order valence-corrected chi connectivity index (χ2v) is 3.02.